The van der Waals surface area contributed by atoms with Crippen LogP contribution in [0.1, 0.15) is 32.0 Å². The van der Waals surface area contributed by atoms with Crippen LogP contribution in [0.5, 0.6) is 5.75 Å². The molecule has 0 radical (unpaired) electrons. The van der Waals surface area contributed by atoms with E-state index in [0.29, 0.717) is 17.7 Å². The second-order valence-corrected chi connectivity index (χ2v) is 7.96. The molecule has 5 nitrogen and oxygen atoms in total. The van der Waals surface area contributed by atoms with Crippen LogP contribution in [0.2, 0.25) is 0 Å². The van der Waals surface area contributed by atoms with E-state index in [1.807, 2.05) is 42.5 Å². The maximum Gasteiger partial charge on any atom is 0.255 e. The normalized spacial score (nSPS) is 11.2. The minimum atomic E-state index is -0.542. The monoisotopic (exact) mass is 373 g/mol. The van der Waals surface area contributed by atoms with Gasteiger partial charge in [0.2, 0.25) is 0 Å². The molecular formula is C23H23N3O2. The first-order chi connectivity index (χ1) is 13.3. The fourth-order valence-corrected chi connectivity index (χ4v) is 3.19. The van der Waals surface area contributed by atoms with E-state index in [1.165, 1.54) is 0 Å². The number of carbonyl (C=O) groups excluding carboxylic acids is 1. The summed E-state index contributed by atoms with van der Waals surface area (Å²) in [6.07, 6.45) is 0.686. The molecule has 3 rings (SSSR count). The zero-order valence-electron chi connectivity index (χ0n) is 16.3. The molecule has 0 unspecified atom stereocenters. The molecule has 3 aromatic rings. The molecule has 0 fully saturated rings. The summed E-state index contributed by atoms with van der Waals surface area (Å²) in [6.45, 7) is 6.18. The van der Waals surface area contributed by atoms with Crippen LogP contribution in [-0.2, 0) is 11.2 Å². The lowest BCUT2D eigenvalue weighted by Crippen LogP contribution is -2.20. The van der Waals surface area contributed by atoms with Crippen molar-refractivity contribution in [2.75, 3.05) is 6.61 Å². The zero-order valence-corrected chi connectivity index (χ0v) is 16.3. The molecule has 142 valence electrons. The highest BCUT2D eigenvalue weighted by Gasteiger charge is 2.21. The van der Waals surface area contributed by atoms with Crippen molar-refractivity contribution in [3.05, 3.63) is 59.8 Å². The number of aromatic nitrogens is 1. The van der Waals surface area contributed by atoms with Crippen molar-refractivity contribution in [1.29, 1.82) is 5.26 Å². The topological polar surface area (TPSA) is 89.0 Å². The first kappa shape index (κ1) is 19.4. The molecule has 0 spiro atoms. The Morgan fingerprint density at radius 3 is 2.50 bits per heavy atom. The summed E-state index contributed by atoms with van der Waals surface area (Å²) >= 11 is 0. The van der Waals surface area contributed by atoms with Gasteiger partial charge in [-0.25, -0.2) is 0 Å². The Kier molecular flexibility index (Phi) is 5.32. The van der Waals surface area contributed by atoms with Gasteiger partial charge in [-0.1, -0.05) is 51.1 Å². The van der Waals surface area contributed by atoms with Crippen LogP contribution in [0, 0.1) is 16.7 Å². The average Bonchev–Trinajstić information content (AvgIpc) is 2.64. The van der Waals surface area contributed by atoms with Crippen LogP contribution in [0.25, 0.3) is 22.0 Å². The average molecular weight is 373 g/mol. The SMILES string of the molecule is CC(C)(C)Cc1nc2ccc(OCC(N)=O)cc2c(-c2ccccc2)c1C#N. The Morgan fingerprint density at radius 1 is 1.18 bits per heavy atom. The Hall–Kier alpha value is -3.39. The van der Waals surface area contributed by atoms with Gasteiger partial charge in [0.25, 0.3) is 5.91 Å². The highest BCUT2D eigenvalue weighted by atomic mass is 16.5. The highest BCUT2D eigenvalue weighted by molar-refractivity contribution is 5.98. The molecule has 0 saturated heterocycles. The number of primary amides is 1. The number of ether oxygens (including phenoxy) is 1. The summed E-state index contributed by atoms with van der Waals surface area (Å²) in [6, 6.07) is 17.6. The number of hydrogen-bond acceptors (Lipinski definition) is 4. The van der Waals surface area contributed by atoms with Crippen LogP contribution in [-0.4, -0.2) is 17.5 Å². The molecule has 0 aliphatic carbocycles. The van der Waals surface area contributed by atoms with Crippen molar-refractivity contribution < 1.29 is 9.53 Å². The van der Waals surface area contributed by atoms with E-state index >= 15 is 0 Å². The van der Waals surface area contributed by atoms with Gasteiger partial charge in [-0.15, -0.1) is 0 Å². The number of fused-ring (bicyclic) bond motifs is 1. The quantitative estimate of drug-likeness (QED) is 0.725. The van der Waals surface area contributed by atoms with Crippen molar-refractivity contribution in [2.24, 2.45) is 11.1 Å². The van der Waals surface area contributed by atoms with Gasteiger partial charge in [-0.2, -0.15) is 5.26 Å². The Labute approximate surface area is 164 Å². The van der Waals surface area contributed by atoms with E-state index in [0.717, 1.165) is 27.7 Å². The largest absolute Gasteiger partial charge is 0.484 e. The number of nitrogens with two attached hydrogens (primary N) is 1. The molecule has 1 amide bonds. The smallest absolute Gasteiger partial charge is 0.255 e. The Balaban J connectivity index is 2.28. The van der Waals surface area contributed by atoms with Crippen molar-refractivity contribution in [1.82, 2.24) is 4.98 Å². The summed E-state index contributed by atoms with van der Waals surface area (Å²) < 4.78 is 5.47. The molecule has 0 aliphatic heterocycles. The molecule has 2 N–H and O–H groups in total. The Bertz CT molecular complexity index is 1060. The first-order valence-electron chi connectivity index (χ1n) is 9.12. The van der Waals surface area contributed by atoms with Crippen LogP contribution >= 0.6 is 0 Å². The zero-order chi connectivity index (χ0) is 20.3. The third-order valence-corrected chi connectivity index (χ3v) is 4.28. The van der Waals surface area contributed by atoms with E-state index in [2.05, 4.69) is 26.8 Å². The number of carbonyl (C=O) groups is 1. The number of pyridine rings is 1. The molecular weight excluding hydrogens is 350 g/mol. The van der Waals surface area contributed by atoms with Crippen LogP contribution < -0.4 is 10.5 Å². The van der Waals surface area contributed by atoms with Gasteiger partial charge in [0.05, 0.1) is 16.8 Å². The van der Waals surface area contributed by atoms with E-state index < -0.39 is 5.91 Å². The van der Waals surface area contributed by atoms with Crippen molar-refractivity contribution in [3.63, 3.8) is 0 Å². The fourth-order valence-electron chi connectivity index (χ4n) is 3.19. The maximum absolute atomic E-state index is 11.0. The third-order valence-electron chi connectivity index (χ3n) is 4.28. The number of hydrogen-bond donors (Lipinski definition) is 1. The van der Waals surface area contributed by atoms with Gasteiger partial charge in [0.1, 0.15) is 11.8 Å². The molecule has 0 bridgehead atoms. The van der Waals surface area contributed by atoms with E-state index in [9.17, 15) is 10.1 Å². The van der Waals surface area contributed by atoms with Crippen LogP contribution in [0.3, 0.4) is 0 Å². The van der Waals surface area contributed by atoms with E-state index in [-0.39, 0.29) is 12.0 Å². The summed E-state index contributed by atoms with van der Waals surface area (Å²) in [5.41, 5.74) is 9.07. The number of rotatable bonds is 5. The molecule has 1 aromatic heterocycles. The maximum atomic E-state index is 11.0. The standard InChI is InChI=1S/C23H23N3O2/c1-23(2,3)12-20-18(13-24)22(15-7-5-4-6-8-15)17-11-16(28-14-21(25)27)9-10-19(17)26-20/h4-11H,12,14H2,1-3H3,(H2,25,27). The van der Waals surface area contributed by atoms with Crippen molar-refractivity contribution in [3.8, 4) is 22.9 Å². The summed E-state index contributed by atoms with van der Waals surface area (Å²) in [5, 5.41) is 10.8. The van der Waals surface area contributed by atoms with E-state index in [1.54, 1.807) is 6.07 Å². The molecule has 0 aliphatic rings. The summed E-state index contributed by atoms with van der Waals surface area (Å²) in [5.74, 6) is -0.0301. The van der Waals surface area contributed by atoms with Gasteiger partial charge < -0.3 is 10.5 Å². The van der Waals surface area contributed by atoms with Gasteiger partial charge in [0.15, 0.2) is 6.61 Å². The first-order valence-corrected chi connectivity index (χ1v) is 9.12. The van der Waals surface area contributed by atoms with Crippen molar-refractivity contribution >= 4 is 16.8 Å². The molecule has 5 heteroatoms. The second-order valence-electron chi connectivity index (χ2n) is 7.96. The number of nitrogens with zero attached hydrogens (tertiary/aromatic N) is 2. The molecule has 1 heterocycles. The lowest BCUT2D eigenvalue weighted by Gasteiger charge is -2.21. The van der Waals surface area contributed by atoms with Gasteiger partial charge in [-0.3, -0.25) is 9.78 Å². The lowest BCUT2D eigenvalue weighted by molar-refractivity contribution is -0.119. The molecule has 0 saturated carbocycles. The minimum absolute atomic E-state index is 0.00915. The van der Waals surface area contributed by atoms with Gasteiger partial charge in [-0.05, 0) is 35.6 Å². The second kappa shape index (κ2) is 7.69. The fraction of sp³-hybridized carbons (Fsp3) is 0.261. The predicted octanol–water partition coefficient (Wildman–Crippen LogP) is 4.23. The molecule has 28 heavy (non-hydrogen) atoms. The lowest BCUT2D eigenvalue weighted by atomic mass is 9.86. The van der Waals surface area contributed by atoms with E-state index in [4.69, 9.17) is 15.5 Å². The predicted molar refractivity (Wildman–Crippen MR) is 110 cm³/mol. The highest BCUT2D eigenvalue weighted by Crippen LogP contribution is 2.36. The Morgan fingerprint density at radius 2 is 1.89 bits per heavy atom. The number of benzene rings is 2. The number of amides is 1. The number of nitriles is 1. The van der Waals surface area contributed by atoms with Gasteiger partial charge >= 0.3 is 0 Å². The van der Waals surface area contributed by atoms with Crippen molar-refractivity contribution in [2.45, 2.75) is 27.2 Å². The molecule has 2 aromatic carbocycles. The minimum Gasteiger partial charge on any atom is -0.484 e. The van der Waals surface area contributed by atoms with Crippen LogP contribution in [0.4, 0.5) is 0 Å². The molecule has 0 atom stereocenters. The summed E-state index contributed by atoms with van der Waals surface area (Å²) in [7, 11) is 0. The van der Waals surface area contributed by atoms with Gasteiger partial charge in [0, 0.05) is 10.9 Å². The third kappa shape index (κ3) is 4.29. The van der Waals surface area contributed by atoms with Crippen LogP contribution in [0.15, 0.2) is 48.5 Å². The summed E-state index contributed by atoms with van der Waals surface area (Å²) in [4.78, 5) is 15.8.